The molecule has 1 aliphatic heterocycles. The van der Waals surface area contributed by atoms with Crippen LogP contribution in [-0.2, 0) is 4.74 Å². The van der Waals surface area contributed by atoms with Crippen molar-refractivity contribution in [3.63, 3.8) is 0 Å². The number of nitrogens with zero attached hydrogens (tertiary/aromatic N) is 1. The van der Waals surface area contributed by atoms with Crippen LogP contribution in [-0.4, -0.2) is 29.7 Å². The lowest BCUT2D eigenvalue weighted by atomic mass is 9.93. The molecule has 1 fully saturated rings. The molecule has 0 radical (unpaired) electrons. The van der Waals surface area contributed by atoms with E-state index in [0.29, 0.717) is 5.92 Å². The standard InChI is InChI=1S/C19H26FNO2/c1-19(2,3)23-18(22)21-13-11-16(12-14-21)6-4-5-15-7-9-17(20)10-8-15/h4-5,7-10,16H,6,11-14H2,1-3H3/b5-4+. The summed E-state index contributed by atoms with van der Waals surface area (Å²) in [6.07, 6.45) is 6.93. The van der Waals surface area contributed by atoms with Gasteiger partial charge in [0, 0.05) is 13.1 Å². The van der Waals surface area contributed by atoms with Gasteiger partial charge in [0.25, 0.3) is 0 Å². The van der Waals surface area contributed by atoms with E-state index in [1.165, 1.54) is 12.1 Å². The molecule has 0 atom stereocenters. The van der Waals surface area contributed by atoms with Crippen LogP contribution < -0.4 is 0 Å². The van der Waals surface area contributed by atoms with Crippen LogP contribution in [0.4, 0.5) is 9.18 Å². The van der Waals surface area contributed by atoms with Gasteiger partial charge in [0.2, 0.25) is 0 Å². The van der Waals surface area contributed by atoms with Gasteiger partial charge in [-0.15, -0.1) is 0 Å². The molecule has 0 bridgehead atoms. The third-order valence-corrected chi connectivity index (χ3v) is 3.92. The number of piperidine rings is 1. The zero-order chi connectivity index (χ0) is 16.9. The summed E-state index contributed by atoms with van der Waals surface area (Å²) < 4.78 is 18.2. The smallest absolute Gasteiger partial charge is 0.410 e. The summed E-state index contributed by atoms with van der Waals surface area (Å²) in [6, 6.07) is 6.49. The number of hydrogen-bond acceptors (Lipinski definition) is 2. The van der Waals surface area contributed by atoms with Crippen LogP contribution in [0.3, 0.4) is 0 Å². The SMILES string of the molecule is CC(C)(C)OC(=O)N1CCC(C/C=C/c2ccc(F)cc2)CC1. The van der Waals surface area contributed by atoms with Crippen LogP contribution in [0, 0.1) is 11.7 Å². The average Bonchev–Trinajstić information content (AvgIpc) is 2.48. The summed E-state index contributed by atoms with van der Waals surface area (Å²) in [6.45, 7) is 7.17. The van der Waals surface area contributed by atoms with Crippen LogP contribution in [0.15, 0.2) is 30.3 Å². The molecule has 0 spiro atoms. The Labute approximate surface area is 138 Å². The lowest BCUT2D eigenvalue weighted by Gasteiger charge is -2.33. The lowest BCUT2D eigenvalue weighted by molar-refractivity contribution is 0.0185. The highest BCUT2D eigenvalue weighted by Gasteiger charge is 2.26. The topological polar surface area (TPSA) is 29.5 Å². The van der Waals surface area contributed by atoms with Crippen LogP contribution >= 0.6 is 0 Å². The van der Waals surface area contributed by atoms with Gasteiger partial charge in [-0.25, -0.2) is 9.18 Å². The molecule has 3 nitrogen and oxygen atoms in total. The summed E-state index contributed by atoms with van der Waals surface area (Å²) in [5.41, 5.74) is 0.573. The first-order valence-corrected chi connectivity index (χ1v) is 8.23. The lowest BCUT2D eigenvalue weighted by Crippen LogP contribution is -2.41. The van der Waals surface area contributed by atoms with Gasteiger partial charge < -0.3 is 9.64 Å². The molecule has 126 valence electrons. The van der Waals surface area contributed by atoms with Gasteiger partial charge in [-0.2, -0.15) is 0 Å². The number of benzene rings is 1. The summed E-state index contributed by atoms with van der Waals surface area (Å²) in [7, 11) is 0. The van der Waals surface area contributed by atoms with Crippen LogP contribution in [0.25, 0.3) is 6.08 Å². The molecule has 2 rings (SSSR count). The highest BCUT2D eigenvalue weighted by Crippen LogP contribution is 2.23. The minimum atomic E-state index is -0.439. The Balaban J connectivity index is 1.74. The van der Waals surface area contributed by atoms with Crippen molar-refractivity contribution in [2.45, 2.75) is 45.6 Å². The fourth-order valence-electron chi connectivity index (χ4n) is 2.65. The van der Waals surface area contributed by atoms with Crippen molar-refractivity contribution >= 4 is 12.2 Å². The van der Waals surface area contributed by atoms with Gasteiger partial charge in [0.15, 0.2) is 0 Å². The van der Waals surface area contributed by atoms with E-state index in [2.05, 4.69) is 6.08 Å². The Bertz CT molecular complexity index is 537. The molecule has 0 N–H and O–H groups in total. The van der Waals surface area contributed by atoms with E-state index >= 15 is 0 Å². The second-order valence-electron chi connectivity index (χ2n) is 7.10. The van der Waals surface area contributed by atoms with Crippen molar-refractivity contribution in [3.05, 3.63) is 41.7 Å². The van der Waals surface area contributed by atoms with E-state index in [9.17, 15) is 9.18 Å². The molecule has 0 saturated carbocycles. The molecule has 1 amide bonds. The number of allylic oxidation sites excluding steroid dienone is 1. The van der Waals surface area contributed by atoms with Gasteiger partial charge in [0.05, 0.1) is 0 Å². The largest absolute Gasteiger partial charge is 0.444 e. The van der Waals surface area contributed by atoms with Crippen LogP contribution in [0.1, 0.15) is 45.6 Å². The van der Waals surface area contributed by atoms with Crippen molar-refractivity contribution < 1.29 is 13.9 Å². The van der Waals surface area contributed by atoms with E-state index in [-0.39, 0.29) is 11.9 Å². The molecule has 0 aromatic heterocycles. The predicted octanol–water partition coefficient (Wildman–Crippen LogP) is 4.88. The Kier molecular flexibility index (Phi) is 5.80. The molecular weight excluding hydrogens is 293 g/mol. The molecule has 0 aliphatic carbocycles. The van der Waals surface area contributed by atoms with E-state index in [1.807, 2.05) is 26.8 Å². The zero-order valence-corrected chi connectivity index (χ0v) is 14.2. The van der Waals surface area contributed by atoms with E-state index in [1.54, 1.807) is 17.0 Å². The van der Waals surface area contributed by atoms with Crippen LogP contribution in [0.5, 0.6) is 0 Å². The van der Waals surface area contributed by atoms with Crippen molar-refractivity contribution in [3.8, 4) is 0 Å². The van der Waals surface area contributed by atoms with Gasteiger partial charge in [-0.05, 0) is 63.6 Å². The number of likely N-dealkylation sites (tertiary alicyclic amines) is 1. The minimum absolute atomic E-state index is 0.210. The normalized spacial score (nSPS) is 16.8. The maximum atomic E-state index is 12.8. The highest BCUT2D eigenvalue weighted by molar-refractivity contribution is 5.68. The van der Waals surface area contributed by atoms with Crippen molar-refractivity contribution in [1.82, 2.24) is 4.90 Å². The first kappa shape index (κ1) is 17.5. The number of carbonyl (C=O) groups excluding carboxylic acids is 1. The number of hydrogen-bond donors (Lipinski definition) is 0. The predicted molar refractivity (Wildman–Crippen MR) is 90.6 cm³/mol. The molecule has 1 heterocycles. The Morgan fingerprint density at radius 2 is 1.87 bits per heavy atom. The Morgan fingerprint density at radius 1 is 1.26 bits per heavy atom. The maximum absolute atomic E-state index is 12.8. The van der Waals surface area contributed by atoms with Crippen molar-refractivity contribution in [1.29, 1.82) is 0 Å². The summed E-state index contributed by atoms with van der Waals surface area (Å²) in [5.74, 6) is 0.377. The summed E-state index contributed by atoms with van der Waals surface area (Å²) in [4.78, 5) is 13.8. The monoisotopic (exact) mass is 319 g/mol. The second-order valence-corrected chi connectivity index (χ2v) is 7.10. The number of carbonyl (C=O) groups is 1. The summed E-state index contributed by atoms with van der Waals surface area (Å²) >= 11 is 0. The molecule has 1 aliphatic rings. The van der Waals surface area contributed by atoms with Crippen LogP contribution in [0.2, 0.25) is 0 Å². The third-order valence-electron chi connectivity index (χ3n) is 3.92. The quantitative estimate of drug-likeness (QED) is 0.795. The fraction of sp³-hybridized carbons (Fsp3) is 0.526. The number of ether oxygens (including phenoxy) is 1. The van der Waals surface area contributed by atoms with Crippen molar-refractivity contribution in [2.24, 2.45) is 5.92 Å². The molecule has 1 aromatic carbocycles. The van der Waals surface area contributed by atoms with Crippen molar-refractivity contribution in [2.75, 3.05) is 13.1 Å². The van der Waals surface area contributed by atoms with Gasteiger partial charge in [-0.3, -0.25) is 0 Å². The molecule has 1 saturated heterocycles. The van der Waals surface area contributed by atoms with E-state index in [0.717, 1.165) is 37.9 Å². The first-order chi connectivity index (χ1) is 10.8. The average molecular weight is 319 g/mol. The zero-order valence-electron chi connectivity index (χ0n) is 14.2. The summed E-state index contributed by atoms with van der Waals surface area (Å²) in [5, 5.41) is 0. The first-order valence-electron chi connectivity index (χ1n) is 8.23. The molecule has 1 aromatic rings. The highest BCUT2D eigenvalue weighted by atomic mass is 19.1. The van der Waals surface area contributed by atoms with Gasteiger partial charge in [-0.1, -0.05) is 24.3 Å². The third kappa shape index (κ3) is 6.05. The van der Waals surface area contributed by atoms with E-state index in [4.69, 9.17) is 4.74 Å². The Hall–Kier alpha value is -1.84. The molecular formula is C19H26FNO2. The Morgan fingerprint density at radius 3 is 2.43 bits per heavy atom. The maximum Gasteiger partial charge on any atom is 0.410 e. The van der Waals surface area contributed by atoms with E-state index < -0.39 is 5.60 Å². The minimum Gasteiger partial charge on any atom is -0.444 e. The second kappa shape index (κ2) is 7.62. The fourth-order valence-corrected chi connectivity index (χ4v) is 2.65. The number of halogens is 1. The number of amides is 1. The molecule has 0 unspecified atom stereocenters. The molecule has 4 heteroatoms. The number of rotatable bonds is 3. The van der Waals surface area contributed by atoms with Gasteiger partial charge >= 0.3 is 6.09 Å². The van der Waals surface area contributed by atoms with Gasteiger partial charge in [0.1, 0.15) is 11.4 Å². The molecule has 23 heavy (non-hydrogen) atoms.